The van der Waals surface area contributed by atoms with Crippen LogP contribution in [0.4, 0.5) is 10.6 Å². The lowest BCUT2D eigenvalue weighted by Gasteiger charge is -2.30. The zero-order chi connectivity index (χ0) is 18.0. The average molecular weight is 383 g/mol. The highest BCUT2D eigenvalue weighted by molar-refractivity contribution is 7.17. The Bertz CT molecular complexity index is 751. The summed E-state index contributed by atoms with van der Waals surface area (Å²) in [5, 5.41) is 8.70. The number of hydrogen-bond donors (Lipinski definition) is 2. The molecular weight excluding hydrogens is 360 g/mol. The first kappa shape index (κ1) is 18.2. The van der Waals surface area contributed by atoms with Crippen LogP contribution in [0, 0.1) is 0 Å². The van der Waals surface area contributed by atoms with Crippen LogP contribution in [0.1, 0.15) is 46.5 Å². The summed E-state index contributed by atoms with van der Waals surface area (Å²) in [7, 11) is 0. The fourth-order valence-electron chi connectivity index (χ4n) is 2.98. The smallest absolute Gasteiger partial charge is 0.407 e. The van der Waals surface area contributed by atoms with E-state index in [0.717, 1.165) is 41.7 Å². The Labute approximate surface area is 156 Å². The van der Waals surface area contributed by atoms with E-state index in [2.05, 4.69) is 20.6 Å². The molecule has 1 aliphatic rings. The van der Waals surface area contributed by atoms with Crippen molar-refractivity contribution in [2.24, 2.45) is 0 Å². The third kappa shape index (κ3) is 4.95. The molecule has 25 heavy (non-hydrogen) atoms. The maximum atomic E-state index is 11.9. The second-order valence-electron chi connectivity index (χ2n) is 7.32. The van der Waals surface area contributed by atoms with E-state index >= 15 is 0 Å². The predicted molar refractivity (Wildman–Crippen MR) is 101 cm³/mol. The fourth-order valence-corrected chi connectivity index (χ4v) is 3.94. The number of anilines is 1. The highest BCUT2D eigenvalue weighted by Gasteiger charge is 2.25. The Morgan fingerprint density at radius 2 is 1.92 bits per heavy atom. The molecule has 0 bridgehead atoms. The lowest BCUT2D eigenvalue weighted by Crippen LogP contribution is -2.42. The summed E-state index contributed by atoms with van der Waals surface area (Å²) in [6, 6.07) is 2.41. The third-order valence-electron chi connectivity index (χ3n) is 4.07. The minimum Gasteiger partial charge on any atom is -0.444 e. The number of hydrogen-bond acceptors (Lipinski definition) is 6. The van der Waals surface area contributed by atoms with Crippen molar-refractivity contribution in [3.8, 4) is 0 Å². The molecule has 0 saturated heterocycles. The first-order valence-corrected chi connectivity index (χ1v) is 9.73. The molecule has 0 spiro atoms. The van der Waals surface area contributed by atoms with Gasteiger partial charge in [-0.15, -0.1) is 11.3 Å². The number of carbonyl (C=O) groups excluding carboxylic acids is 1. The zero-order valence-electron chi connectivity index (χ0n) is 14.6. The van der Waals surface area contributed by atoms with Gasteiger partial charge in [0.25, 0.3) is 0 Å². The molecule has 3 rings (SSSR count). The first-order valence-electron chi connectivity index (χ1n) is 8.47. The van der Waals surface area contributed by atoms with Gasteiger partial charge in [-0.25, -0.2) is 9.78 Å². The number of carbonyl (C=O) groups is 1. The van der Waals surface area contributed by atoms with Gasteiger partial charge in [-0.05, 0) is 69.5 Å². The Morgan fingerprint density at radius 3 is 2.60 bits per heavy atom. The van der Waals surface area contributed by atoms with Crippen molar-refractivity contribution in [3.05, 3.63) is 16.7 Å². The van der Waals surface area contributed by atoms with E-state index in [1.165, 1.54) is 0 Å². The molecule has 1 aliphatic carbocycles. The van der Waals surface area contributed by atoms with Crippen molar-refractivity contribution in [1.29, 1.82) is 0 Å². The maximum Gasteiger partial charge on any atom is 0.407 e. The molecule has 1 amide bonds. The van der Waals surface area contributed by atoms with Crippen LogP contribution in [0.15, 0.2) is 11.4 Å². The largest absolute Gasteiger partial charge is 0.444 e. The van der Waals surface area contributed by atoms with Gasteiger partial charge in [-0.3, -0.25) is 0 Å². The predicted octanol–water partition coefficient (Wildman–Crippen LogP) is 4.59. The van der Waals surface area contributed by atoms with Crippen LogP contribution in [0.25, 0.3) is 10.2 Å². The quantitative estimate of drug-likeness (QED) is 0.759. The van der Waals surface area contributed by atoms with Gasteiger partial charge in [0.1, 0.15) is 11.4 Å². The number of nitrogens with zero attached hydrogens (tertiary/aromatic N) is 2. The van der Waals surface area contributed by atoms with Gasteiger partial charge in [0.05, 0.1) is 10.2 Å². The molecule has 1 fully saturated rings. The van der Waals surface area contributed by atoms with Gasteiger partial charge in [0.2, 0.25) is 5.28 Å². The normalized spacial score (nSPS) is 21.1. The van der Waals surface area contributed by atoms with Gasteiger partial charge >= 0.3 is 6.09 Å². The average Bonchev–Trinajstić information content (AvgIpc) is 2.95. The van der Waals surface area contributed by atoms with Gasteiger partial charge in [0.15, 0.2) is 0 Å². The Hall–Kier alpha value is -1.60. The fraction of sp³-hybridized carbons (Fsp3) is 0.588. The molecule has 2 aromatic rings. The molecule has 8 heteroatoms. The molecule has 0 atom stereocenters. The van der Waals surface area contributed by atoms with E-state index in [4.69, 9.17) is 16.3 Å². The number of fused-ring (bicyclic) bond motifs is 1. The van der Waals surface area contributed by atoms with Crippen LogP contribution in [0.5, 0.6) is 0 Å². The summed E-state index contributed by atoms with van der Waals surface area (Å²) >= 11 is 7.62. The van der Waals surface area contributed by atoms with Gasteiger partial charge in [-0.1, -0.05) is 0 Å². The standard InChI is InChI=1S/C17H23ClN4O2S/c1-17(2,3)24-16(23)20-11-6-4-10(5-7-11)19-14-13-12(8-9-25-13)21-15(18)22-14/h8-11H,4-7H2,1-3H3,(H,20,23)(H,19,21,22)/t10-,11+. The first-order chi connectivity index (χ1) is 11.8. The van der Waals surface area contributed by atoms with Gasteiger partial charge in [0, 0.05) is 12.1 Å². The molecule has 2 aromatic heterocycles. The summed E-state index contributed by atoms with van der Waals surface area (Å²) in [6.45, 7) is 5.60. The second-order valence-corrected chi connectivity index (χ2v) is 8.57. The van der Waals surface area contributed by atoms with Crippen molar-refractivity contribution in [2.45, 2.75) is 64.1 Å². The van der Waals surface area contributed by atoms with Gasteiger partial charge < -0.3 is 15.4 Å². The topological polar surface area (TPSA) is 76.1 Å². The molecule has 2 N–H and O–H groups in total. The molecule has 2 heterocycles. The van der Waals surface area contributed by atoms with E-state index in [-0.39, 0.29) is 17.4 Å². The van der Waals surface area contributed by atoms with Crippen LogP contribution in [0.2, 0.25) is 5.28 Å². The maximum absolute atomic E-state index is 11.9. The van der Waals surface area contributed by atoms with E-state index in [1.807, 2.05) is 32.2 Å². The summed E-state index contributed by atoms with van der Waals surface area (Å²) in [5.74, 6) is 0.800. The number of ether oxygens (including phenoxy) is 1. The SMILES string of the molecule is CC(C)(C)OC(=O)N[C@H]1CC[C@@H](Nc2nc(Cl)nc3ccsc23)CC1. The molecule has 0 aromatic carbocycles. The molecule has 0 radical (unpaired) electrons. The number of alkyl carbamates (subject to hydrolysis) is 1. The number of nitrogens with one attached hydrogen (secondary N) is 2. The highest BCUT2D eigenvalue weighted by Crippen LogP contribution is 2.30. The summed E-state index contributed by atoms with van der Waals surface area (Å²) in [4.78, 5) is 20.4. The Kier molecular flexibility index (Phi) is 5.34. The minimum absolute atomic E-state index is 0.156. The minimum atomic E-state index is -0.471. The van der Waals surface area contributed by atoms with E-state index < -0.39 is 5.60 Å². The lowest BCUT2D eigenvalue weighted by molar-refractivity contribution is 0.0492. The number of halogens is 1. The number of rotatable bonds is 3. The van der Waals surface area contributed by atoms with Crippen molar-refractivity contribution >= 4 is 45.1 Å². The third-order valence-corrected chi connectivity index (χ3v) is 5.14. The number of aromatic nitrogens is 2. The number of amides is 1. The van der Waals surface area contributed by atoms with Crippen molar-refractivity contribution in [1.82, 2.24) is 15.3 Å². The molecule has 0 aliphatic heterocycles. The lowest BCUT2D eigenvalue weighted by atomic mass is 9.91. The molecule has 1 saturated carbocycles. The summed E-state index contributed by atoms with van der Waals surface area (Å²) in [5.41, 5.74) is 0.397. The second kappa shape index (κ2) is 7.33. The van der Waals surface area contributed by atoms with Crippen molar-refractivity contribution in [2.75, 3.05) is 5.32 Å². The van der Waals surface area contributed by atoms with E-state index in [9.17, 15) is 4.79 Å². The summed E-state index contributed by atoms with van der Waals surface area (Å²) < 4.78 is 6.35. The van der Waals surface area contributed by atoms with Crippen LogP contribution in [-0.4, -0.2) is 33.7 Å². The monoisotopic (exact) mass is 382 g/mol. The Balaban J connectivity index is 1.54. The van der Waals surface area contributed by atoms with Crippen LogP contribution >= 0.6 is 22.9 Å². The number of thiophene rings is 1. The Morgan fingerprint density at radius 1 is 1.24 bits per heavy atom. The molecular formula is C17H23ClN4O2S. The highest BCUT2D eigenvalue weighted by atomic mass is 35.5. The van der Waals surface area contributed by atoms with Gasteiger partial charge in [-0.2, -0.15) is 4.98 Å². The van der Waals surface area contributed by atoms with E-state index in [0.29, 0.717) is 6.04 Å². The van der Waals surface area contributed by atoms with Crippen molar-refractivity contribution < 1.29 is 9.53 Å². The van der Waals surface area contributed by atoms with Crippen LogP contribution < -0.4 is 10.6 Å². The molecule has 6 nitrogen and oxygen atoms in total. The van der Waals surface area contributed by atoms with E-state index in [1.54, 1.807) is 11.3 Å². The zero-order valence-corrected chi connectivity index (χ0v) is 16.2. The molecule has 0 unspecified atom stereocenters. The van der Waals surface area contributed by atoms with Crippen molar-refractivity contribution in [3.63, 3.8) is 0 Å². The summed E-state index contributed by atoms with van der Waals surface area (Å²) in [6.07, 6.45) is 3.38. The molecule has 136 valence electrons. The van der Waals surface area contributed by atoms with Crippen LogP contribution in [-0.2, 0) is 4.74 Å². The van der Waals surface area contributed by atoms with Crippen LogP contribution in [0.3, 0.4) is 0 Å².